The van der Waals surface area contributed by atoms with Crippen LogP contribution >= 0.6 is 0 Å². The summed E-state index contributed by atoms with van der Waals surface area (Å²) in [6.07, 6.45) is 7.22. The van der Waals surface area contributed by atoms with E-state index >= 15 is 0 Å². The van der Waals surface area contributed by atoms with Crippen molar-refractivity contribution in [3.63, 3.8) is 0 Å². The van der Waals surface area contributed by atoms with Crippen LogP contribution in [0.3, 0.4) is 0 Å². The predicted octanol–water partition coefficient (Wildman–Crippen LogP) is 3.24. The molecule has 4 rings (SSSR count). The summed E-state index contributed by atoms with van der Waals surface area (Å²) >= 11 is 0. The summed E-state index contributed by atoms with van der Waals surface area (Å²) in [6, 6.07) is 7.05. The fourth-order valence-corrected chi connectivity index (χ4v) is 4.51. The van der Waals surface area contributed by atoms with Crippen LogP contribution in [-0.2, 0) is 13.0 Å². The number of hydrogen-bond acceptors (Lipinski definition) is 1. The Kier molecular flexibility index (Phi) is 2.29. The number of nitrogens with one attached hydrogen (secondary N) is 1. The standard InChI is InChI=1S/C16H21N/c1-2-12-6-7-17-10-16(12)14(3-1)15-9-11-4-5-13(15)8-11/h1-3,11,13,15,17H,4-10H2. The van der Waals surface area contributed by atoms with Gasteiger partial charge in [-0.2, -0.15) is 0 Å². The maximum atomic E-state index is 3.55. The molecule has 2 aliphatic carbocycles. The van der Waals surface area contributed by atoms with Crippen molar-refractivity contribution in [3.05, 3.63) is 34.9 Å². The Bertz CT molecular complexity index is 437. The molecule has 0 aromatic heterocycles. The smallest absolute Gasteiger partial charge is 0.0211 e. The molecule has 1 aliphatic heterocycles. The van der Waals surface area contributed by atoms with E-state index in [1.54, 1.807) is 16.7 Å². The number of rotatable bonds is 1. The van der Waals surface area contributed by atoms with Crippen LogP contribution in [-0.4, -0.2) is 6.54 Å². The van der Waals surface area contributed by atoms with E-state index in [0.29, 0.717) is 0 Å². The average Bonchev–Trinajstić information content (AvgIpc) is 3.00. The van der Waals surface area contributed by atoms with Crippen LogP contribution in [0.25, 0.3) is 0 Å². The minimum Gasteiger partial charge on any atom is -0.312 e. The summed E-state index contributed by atoms with van der Waals surface area (Å²) in [7, 11) is 0. The van der Waals surface area contributed by atoms with Crippen LogP contribution in [0.5, 0.6) is 0 Å². The van der Waals surface area contributed by atoms with Crippen molar-refractivity contribution in [1.29, 1.82) is 0 Å². The van der Waals surface area contributed by atoms with Crippen molar-refractivity contribution in [2.45, 2.75) is 44.6 Å². The van der Waals surface area contributed by atoms with Gasteiger partial charge < -0.3 is 5.32 Å². The largest absolute Gasteiger partial charge is 0.312 e. The summed E-state index contributed by atoms with van der Waals surface area (Å²) < 4.78 is 0. The summed E-state index contributed by atoms with van der Waals surface area (Å²) in [5.41, 5.74) is 4.96. The molecule has 3 unspecified atom stereocenters. The third-order valence-corrected chi connectivity index (χ3v) is 5.32. The summed E-state index contributed by atoms with van der Waals surface area (Å²) in [6.45, 7) is 2.27. The highest BCUT2D eigenvalue weighted by Gasteiger charge is 2.41. The van der Waals surface area contributed by atoms with Gasteiger partial charge in [-0.05, 0) is 66.7 Å². The van der Waals surface area contributed by atoms with Gasteiger partial charge in [-0.3, -0.25) is 0 Å². The van der Waals surface area contributed by atoms with Gasteiger partial charge in [0.1, 0.15) is 0 Å². The highest BCUT2D eigenvalue weighted by Crippen LogP contribution is 2.53. The lowest BCUT2D eigenvalue weighted by atomic mass is 9.79. The molecular weight excluding hydrogens is 206 g/mol. The number of benzene rings is 1. The van der Waals surface area contributed by atoms with Crippen molar-refractivity contribution in [2.75, 3.05) is 6.54 Å². The lowest BCUT2D eigenvalue weighted by Crippen LogP contribution is -2.26. The van der Waals surface area contributed by atoms with Gasteiger partial charge in [-0.1, -0.05) is 24.6 Å². The van der Waals surface area contributed by atoms with Crippen LogP contribution in [0.1, 0.15) is 48.3 Å². The van der Waals surface area contributed by atoms with Gasteiger partial charge in [0.05, 0.1) is 0 Å². The van der Waals surface area contributed by atoms with Crippen LogP contribution in [0.15, 0.2) is 18.2 Å². The lowest BCUT2D eigenvalue weighted by Gasteiger charge is -2.28. The maximum absolute atomic E-state index is 3.55. The second-order valence-corrected chi connectivity index (χ2v) is 6.19. The van der Waals surface area contributed by atoms with Crippen LogP contribution < -0.4 is 5.32 Å². The molecule has 1 aromatic rings. The Labute approximate surface area is 104 Å². The molecule has 90 valence electrons. The minimum absolute atomic E-state index is 0.892. The Morgan fingerprint density at radius 2 is 2.12 bits per heavy atom. The van der Waals surface area contributed by atoms with Crippen LogP contribution in [0.2, 0.25) is 0 Å². The van der Waals surface area contributed by atoms with E-state index < -0.39 is 0 Å². The monoisotopic (exact) mass is 227 g/mol. The quantitative estimate of drug-likeness (QED) is 0.776. The van der Waals surface area contributed by atoms with Gasteiger partial charge in [-0.15, -0.1) is 0 Å². The van der Waals surface area contributed by atoms with E-state index in [0.717, 1.165) is 30.8 Å². The molecular formula is C16H21N. The van der Waals surface area contributed by atoms with Gasteiger partial charge in [0.15, 0.2) is 0 Å². The molecule has 1 heterocycles. The molecule has 2 fully saturated rings. The molecule has 2 bridgehead atoms. The van der Waals surface area contributed by atoms with E-state index in [2.05, 4.69) is 23.5 Å². The van der Waals surface area contributed by atoms with E-state index in [-0.39, 0.29) is 0 Å². The van der Waals surface area contributed by atoms with Crippen molar-refractivity contribution in [3.8, 4) is 0 Å². The van der Waals surface area contributed by atoms with Gasteiger partial charge in [-0.25, -0.2) is 0 Å². The van der Waals surface area contributed by atoms with Crippen LogP contribution in [0, 0.1) is 11.8 Å². The van der Waals surface area contributed by atoms with E-state index in [1.807, 2.05) is 0 Å². The fraction of sp³-hybridized carbons (Fsp3) is 0.625. The molecule has 17 heavy (non-hydrogen) atoms. The molecule has 0 saturated heterocycles. The lowest BCUT2D eigenvalue weighted by molar-refractivity contribution is 0.416. The van der Waals surface area contributed by atoms with E-state index in [9.17, 15) is 0 Å². The highest BCUT2D eigenvalue weighted by atomic mass is 14.9. The van der Waals surface area contributed by atoms with Gasteiger partial charge >= 0.3 is 0 Å². The Morgan fingerprint density at radius 1 is 1.12 bits per heavy atom. The van der Waals surface area contributed by atoms with Gasteiger partial charge in [0.25, 0.3) is 0 Å². The summed E-state index contributed by atoms with van der Waals surface area (Å²) in [5, 5.41) is 3.55. The first-order chi connectivity index (χ1) is 8.42. The average molecular weight is 227 g/mol. The van der Waals surface area contributed by atoms with Crippen molar-refractivity contribution < 1.29 is 0 Å². The van der Waals surface area contributed by atoms with Crippen molar-refractivity contribution >= 4 is 0 Å². The maximum Gasteiger partial charge on any atom is 0.0211 e. The molecule has 1 nitrogen and oxygen atoms in total. The van der Waals surface area contributed by atoms with Crippen molar-refractivity contribution in [1.82, 2.24) is 5.32 Å². The zero-order chi connectivity index (χ0) is 11.2. The summed E-state index contributed by atoms with van der Waals surface area (Å²) in [5.74, 6) is 2.95. The van der Waals surface area contributed by atoms with Gasteiger partial charge in [0, 0.05) is 6.54 Å². The highest BCUT2D eigenvalue weighted by molar-refractivity contribution is 5.40. The molecule has 0 radical (unpaired) electrons. The Morgan fingerprint density at radius 3 is 2.94 bits per heavy atom. The third-order valence-electron chi connectivity index (χ3n) is 5.32. The molecule has 1 aromatic carbocycles. The molecule has 2 saturated carbocycles. The number of fused-ring (bicyclic) bond motifs is 3. The molecule has 0 spiro atoms. The molecule has 1 heteroatoms. The molecule has 3 aliphatic rings. The summed E-state index contributed by atoms with van der Waals surface area (Å²) in [4.78, 5) is 0. The zero-order valence-corrected chi connectivity index (χ0v) is 10.4. The fourth-order valence-electron chi connectivity index (χ4n) is 4.51. The molecule has 1 N–H and O–H groups in total. The first-order valence-electron chi connectivity index (χ1n) is 7.23. The topological polar surface area (TPSA) is 12.0 Å². The van der Waals surface area contributed by atoms with Crippen LogP contribution in [0.4, 0.5) is 0 Å². The van der Waals surface area contributed by atoms with E-state index in [4.69, 9.17) is 0 Å². The van der Waals surface area contributed by atoms with Gasteiger partial charge in [0.2, 0.25) is 0 Å². The van der Waals surface area contributed by atoms with E-state index in [1.165, 1.54) is 32.1 Å². The Hall–Kier alpha value is -0.820. The number of hydrogen-bond donors (Lipinski definition) is 1. The second-order valence-electron chi connectivity index (χ2n) is 6.19. The second kappa shape index (κ2) is 3.84. The van der Waals surface area contributed by atoms with Crippen molar-refractivity contribution in [2.24, 2.45) is 11.8 Å². The minimum atomic E-state index is 0.892. The molecule has 3 atom stereocenters. The first-order valence-corrected chi connectivity index (χ1v) is 7.23. The SMILES string of the molecule is c1cc2c(c(C3CC4CCC3C4)c1)CNCC2. The molecule has 0 amide bonds. The predicted molar refractivity (Wildman–Crippen MR) is 70.0 cm³/mol. The zero-order valence-electron chi connectivity index (χ0n) is 10.4. The first kappa shape index (κ1) is 10.1. The normalized spacial score (nSPS) is 34.9. The third kappa shape index (κ3) is 1.55. The Balaban J connectivity index is 1.73.